The van der Waals surface area contributed by atoms with Crippen molar-refractivity contribution in [1.82, 2.24) is 0 Å². The Kier molecular flexibility index (Phi) is 13.3. The first kappa shape index (κ1) is 35.4. The zero-order valence-corrected chi connectivity index (χ0v) is 28.1. The van der Waals surface area contributed by atoms with Crippen LogP contribution in [0.5, 0.6) is 0 Å². The number of hydrogen-bond acceptors (Lipinski definition) is 0. The van der Waals surface area contributed by atoms with Gasteiger partial charge in [-0.05, 0) is 70.6 Å². The zero-order chi connectivity index (χ0) is 28.8. The maximum Gasteiger partial charge on any atom is 0.673 e. The molecule has 2 unspecified atom stereocenters. The van der Waals surface area contributed by atoms with Gasteiger partial charge in [-0.25, -0.2) is 0 Å². The molecule has 0 fully saturated rings. The first-order valence-corrected chi connectivity index (χ1v) is 17.2. The average molecular weight is 680 g/mol. The van der Waals surface area contributed by atoms with Gasteiger partial charge in [-0.3, -0.25) is 0 Å². The molecule has 40 heavy (non-hydrogen) atoms. The topological polar surface area (TPSA) is 0 Å². The smallest absolute Gasteiger partial charge is 0.418 e. The largest absolute Gasteiger partial charge is 0.673 e. The Labute approximate surface area is 255 Å². The summed E-state index contributed by atoms with van der Waals surface area (Å²) in [5, 5.41) is 0.797. The third kappa shape index (κ3) is 10.2. The summed E-state index contributed by atoms with van der Waals surface area (Å²) in [6.45, 7) is 14.9. The van der Waals surface area contributed by atoms with Crippen LogP contribution in [0, 0.1) is 0 Å². The van der Waals surface area contributed by atoms with Gasteiger partial charge < -0.3 is 17.3 Å². The van der Waals surface area contributed by atoms with Gasteiger partial charge in [0.25, 0.3) is 0 Å². The Balaban J connectivity index is 0.000000333. The van der Waals surface area contributed by atoms with E-state index in [9.17, 15) is 17.3 Å². The minimum Gasteiger partial charge on any atom is -0.418 e. The number of allylic oxidation sites excluding steroid dienone is 4. The van der Waals surface area contributed by atoms with Crippen LogP contribution in [-0.4, -0.2) is 17.6 Å². The van der Waals surface area contributed by atoms with Gasteiger partial charge in [0.1, 0.15) is 0 Å². The van der Waals surface area contributed by atoms with Gasteiger partial charge >= 0.3 is 7.25 Å². The molecule has 2 aromatic rings. The van der Waals surface area contributed by atoms with E-state index in [4.69, 9.17) is 0 Å². The average Bonchev–Trinajstić information content (AvgIpc) is 3.36. The van der Waals surface area contributed by atoms with E-state index in [0.29, 0.717) is 10.3 Å². The molecule has 5 rings (SSSR count). The number of fused-ring (bicyclic) bond motifs is 2. The standard InChI is InChI=1S/C24H32P2.C8H12.BF4.Rh/c1-23(2,3)25-15-17-11-7-9-13-19(17)21(25)22-20-14-10-8-12-18(20)16-26(22)24(4,5)6;1-2-4-6-8-7-5-3-1;2-1(3,4)5;/h7-14,21-22H,15-16H2,1-6H3;1-2,7-8H,3-6H2;;/q;;-1;/b;2-1-,8-7?;;/t21-,22?,25+,26?;;;/m1.../s1. The molecule has 2 aliphatic heterocycles. The molecule has 1 aliphatic carbocycles. The van der Waals surface area contributed by atoms with E-state index in [1.807, 2.05) is 0 Å². The van der Waals surface area contributed by atoms with Crippen LogP contribution in [0.2, 0.25) is 0 Å². The summed E-state index contributed by atoms with van der Waals surface area (Å²) in [7, 11) is -6.14. The number of hydrogen-bond donors (Lipinski definition) is 0. The molecule has 0 bridgehead atoms. The summed E-state index contributed by atoms with van der Waals surface area (Å²) in [5.41, 5.74) is 8.07. The maximum absolute atomic E-state index is 9.75. The number of rotatable bonds is 1. The molecule has 2 aromatic carbocycles. The van der Waals surface area contributed by atoms with E-state index in [0.717, 1.165) is 11.3 Å². The summed E-state index contributed by atoms with van der Waals surface area (Å²) >= 11 is 0. The molecule has 4 atom stereocenters. The van der Waals surface area contributed by atoms with Gasteiger partial charge in [-0.1, -0.05) is 130 Å². The van der Waals surface area contributed by atoms with Crippen LogP contribution in [0.1, 0.15) is 101 Å². The molecule has 2 heterocycles. The van der Waals surface area contributed by atoms with Gasteiger partial charge in [-0.15, -0.1) is 0 Å². The first-order chi connectivity index (χ1) is 18.2. The van der Waals surface area contributed by atoms with Crippen molar-refractivity contribution in [2.45, 2.75) is 101 Å². The second-order valence-corrected chi connectivity index (χ2v) is 18.8. The van der Waals surface area contributed by atoms with E-state index >= 15 is 0 Å². The molecule has 1 radical (unpaired) electrons. The SMILES string of the molecule is C1=CCC/C=C\CC1.CC(C)(C)P1Cc2ccccc2C1[C@H]1c2ccccc2C[P@]1C(C)(C)C.F[B-](F)(F)F.[Rh]. The van der Waals surface area contributed by atoms with E-state index in [1.54, 1.807) is 22.3 Å². The van der Waals surface area contributed by atoms with Crippen LogP contribution < -0.4 is 0 Å². The summed E-state index contributed by atoms with van der Waals surface area (Å²) < 4.78 is 39.0. The molecular weight excluding hydrogens is 636 g/mol. The van der Waals surface area contributed by atoms with Crippen LogP contribution in [-0.2, 0) is 31.8 Å². The summed E-state index contributed by atoms with van der Waals surface area (Å²) in [6.07, 6.45) is 16.6. The zero-order valence-electron chi connectivity index (χ0n) is 24.6. The Bertz CT molecular complexity index is 1030. The Morgan fingerprint density at radius 2 is 0.850 bits per heavy atom. The van der Waals surface area contributed by atoms with Crippen molar-refractivity contribution in [2.75, 3.05) is 0 Å². The molecule has 0 amide bonds. The normalized spacial score (nSPS) is 24.6. The Hall–Kier alpha value is -0.812. The summed E-state index contributed by atoms with van der Waals surface area (Å²) in [5.74, 6) is 0. The molecular formula is C32H44BF4P2Rh-. The molecule has 8 heteroatoms. The third-order valence-electron chi connectivity index (χ3n) is 7.46. The van der Waals surface area contributed by atoms with Crippen molar-refractivity contribution >= 4 is 23.1 Å². The minimum absolute atomic E-state index is 0. The monoisotopic (exact) mass is 680 g/mol. The van der Waals surface area contributed by atoms with Crippen LogP contribution in [0.15, 0.2) is 72.8 Å². The van der Waals surface area contributed by atoms with E-state index in [-0.39, 0.29) is 35.3 Å². The molecule has 3 aliphatic rings. The van der Waals surface area contributed by atoms with Crippen molar-refractivity contribution in [3.63, 3.8) is 0 Å². The maximum atomic E-state index is 9.75. The number of halogens is 4. The summed E-state index contributed by atoms with van der Waals surface area (Å²) in [4.78, 5) is 0. The Morgan fingerprint density at radius 3 is 1.12 bits per heavy atom. The molecule has 0 saturated heterocycles. The second-order valence-electron chi connectivity index (χ2n) is 12.5. The van der Waals surface area contributed by atoms with Crippen LogP contribution in [0.4, 0.5) is 17.3 Å². The molecule has 0 saturated carbocycles. The van der Waals surface area contributed by atoms with Crippen molar-refractivity contribution < 1.29 is 36.7 Å². The van der Waals surface area contributed by atoms with Crippen molar-refractivity contribution in [3.8, 4) is 0 Å². The van der Waals surface area contributed by atoms with Crippen LogP contribution >= 0.6 is 15.8 Å². The van der Waals surface area contributed by atoms with Crippen LogP contribution in [0.25, 0.3) is 0 Å². The van der Waals surface area contributed by atoms with Crippen LogP contribution in [0.3, 0.4) is 0 Å². The van der Waals surface area contributed by atoms with E-state index in [2.05, 4.69) is 114 Å². The minimum atomic E-state index is -6.00. The molecule has 0 N–H and O–H groups in total. The fraction of sp³-hybridized carbons (Fsp3) is 0.500. The third-order valence-corrected chi connectivity index (χ3v) is 15.0. The molecule has 223 valence electrons. The van der Waals surface area contributed by atoms with E-state index in [1.165, 1.54) is 38.0 Å². The van der Waals surface area contributed by atoms with Gasteiger partial charge in [0.05, 0.1) is 0 Å². The summed E-state index contributed by atoms with van der Waals surface area (Å²) in [6, 6.07) is 18.7. The van der Waals surface area contributed by atoms with E-state index < -0.39 is 7.25 Å². The predicted molar refractivity (Wildman–Crippen MR) is 166 cm³/mol. The van der Waals surface area contributed by atoms with Gasteiger partial charge in [0.2, 0.25) is 0 Å². The van der Waals surface area contributed by atoms with Gasteiger partial charge in [-0.2, -0.15) is 0 Å². The van der Waals surface area contributed by atoms with Crippen molar-refractivity contribution in [2.24, 2.45) is 0 Å². The fourth-order valence-corrected chi connectivity index (χ4v) is 13.1. The molecule has 0 aromatic heterocycles. The Morgan fingerprint density at radius 1 is 0.575 bits per heavy atom. The molecule has 0 nitrogen and oxygen atoms in total. The van der Waals surface area contributed by atoms with Crippen molar-refractivity contribution in [1.29, 1.82) is 0 Å². The fourth-order valence-electron chi connectivity index (χ4n) is 5.68. The quantitative estimate of drug-likeness (QED) is 0.122. The predicted octanol–water partition coefficient (Wildman–Crippen LogP) is 12.0. The van der Waals surface area contributed by atoms with Gasteiger partial charge in [0.15, 0.2) is 0 Å². The van der Waals surface area contributed by atoms with Gasteiger partial charge in [0, 0.05) is 30.8 Å². The molecule has 0 spiro atoms. The number of benzene rings is 2. The first-order valence-electron chi connectivity index (χ1n) is 14.0. The second kappa shape index (κ2) is 15.1. The van der Waals surface area contributed by atoms with Crippen molar-refractivity contribution in [3.05, 3.63) is 95.1 Å².